The molecule has 5 nitrogen and oxygen atoms in total. The fourth-order valence-electron chi connectivity index (χ4n) is 2.23. The maximum Gasteiger partial charge on any atom is 0.307 e. The summed E-state index contributed by atoms with van der Waals surface area (Å²) in [5.41, 5.74) is 0. The van der Waals surface area contributed by atoms with Gasteiger partial charge >= 0.3 is 5.97 Å². The molecule has 0 aromatic carbocycles. The predicted molar refractivity (Wildman–Crippen MR) is 75.4 cm³/mol. The highest BCUT2D eigenvalue weighted by atomic mass is 32.1. The van der Waals surface area contributed by atoms with Crippen LogP contribution in [0.2, 0.25) is 0 Å². The molecule has 1 N–H and O–H groups in total. The van der Waals surface area contributed by atoms with Crippen molar-refractivity contribution >= 4 is 23.2 Å². The molecule has 2 heterocycles. The molecule has 0 spiro atoms. The molecule has 2 unspecified atom stereocenters. The minimum atomic E-state index is -0.333. The Bertz CT molecular complexity index is 440. The standard InChI is InChI=1S/C14H19NO4S/c1-18-14(17)9-11(12-5-3-7-20-12)15-13(16)8-10-4-2-6-19-10/h3,5,7,10-11H,2,4,6,8-9H2,1H3,(H,15,16). The first-order chi connectivity index (χ1) is 9.69. The largest absolute Gasteiger partial charge is 0.469 e. The van der Waals surface area contributed by atoms with Gasteiger partial charge in [0.25, 0.3) is 0 Å². The van der Waals surface area contributed by atoms with Crippen molar-refractivity contribution in [1.29, 1.82) is 0 Å². The highest BCUT2D eigenvalue weighted by Crippen LogP contribution is 2.23. The van der Waals surface area contributed by atoms with E-state index in [0.29, 0.717) is 6.42 Å². The number of ether oxygens (including phenoxy) is 2. The quantitative estimate of drug-likeness (QED) is 0.816. The molecule has 20 heavy (non-hydrogen) atoms. The lowest BCUT2D eigenvalue weighted by Crippen LogP contribution is -2.32. The maximum atomic E-state index is 12.0. The fraction of sp³-hybridized carbons (Fsp3) is 0.571. The zero-order valence-electron chi connectivity index (χ0n) is 11.5. The van der Waals surface area contributed by atoms with Gasteiger partial charge < -0.3 is 14.8 Å². The van der Waals surface area contributed by atoms with Crippen LogP contribution in [0, 0.1) is 0 Å². The van der Waals surface area contributed by atoms with Crippen LogP contribution in [-0.2, 0) is 19.1 Å². The fourth-order valence-corrected chi connectivity index (χ4v) is 3.01. The minimum Gasteiger partial charge on any atom is -0.469 e. The number of esters is 1. The molecule has 1 saturated heterocycles. The first kappa shape index (κ1) is 15.0. The van der Waals surface area contributed by atoms with Crippen LogP contribution in [0.3, 0.4) is 0 Å². The van der Waals surface area contributed by atoms with E-state index in [1.807, 2.05) is 17.5 Å². The summed E-state index contributed by atoms with van der Waals surface area (Å²) in [6.45, 7) is 0.731. The molecule has 0 bridgehead atoms. The Hall–Kier alpha value is -1.40. The summed E-state index contributed by atoms with van der Waals surface area (Å²) in [4.78, 5) is 24.4. The number of hydrogen-bond donors (Lipinski definition) is 1. The molecule has 110 valence electrons. The Kier molecular flexibility index (Phi) is 5.55. The van der Waals surface area contributed by atoms with Crippen LogP contribution in [0.25, 0.3) is 0 Å². The van der Waals surface area contributed by atoms with Crippen molar-refractivity contribution in [1.82, 2.24) is 5.32 Å². The van der Waals surface area contributed by atoms with Crippen molar-refractivity contribution in [2.24, 2.45) is 0 Å². The second-order valence-electron chi connectivity index (χ2n) is 4.75. The number of thiophene rings is 1. The van der Waals surface area contributed by atoms with Crippen molar-refractivity contribution in [2.75, 3.05) is 13.7 Å². The predicted octanol–water partition coefficient (Wildman–Crippen LogP) is 2.04. The van der Waals surface area contributed by atoms with Crippen LogP contribution in [0.5, 0.6) is 0 Å². The molecule has 1 aliphatic heterocycles. The van der Waals surface area contributed by atoms with Gasteiger partial charge in [-0.1, -0.05) is 6.07 Å². The zero-order chi connectivity index (χ0) is 14.4. The summed E-state index contributed by atoms with van der Waals surface area (Å²) in [7, 11) is 1.35. The van der Waals surface area contributed by atoms with E-state index in [-0.39, 0.29) is 30.4 Å². The Balaban J connectivity index is 1.92. The number of hydrogen-bond acceptors (Lipinski definition) is 5. The lowest BCUT2D eigenvalue weighted by atomic mass is 10.1. The highest BCUT2D eigenvalue weighted by Gasteiger charge is 2.23. The molecule has 2 rings (SSSR count). The Morgan fingerprint density at radius 2 is 2.45 bits per heavy atom. The number of rotatable bonds is 6. The number of methoxy groups -OCH3 is 1. The molecule has 2 atom stereocenters. The third kappa shape index (κ3) is 4.31. The van der Waals surface area contributed by atoms with Crippen molar-refractivity contribution in [3.8, 4) is 0 Å². The van der Waals surface area contributed by atoms with Crippen LogP contribution in [0.15, 0.2) is 17.5 Å². The summed E-state index contributed by atoms with van der Waals surface area (Å²) in [6, 6.07) is 3.48. The maximum absolute atomic E-state index is 12.0. The molecule has 0 aliphatic carbocycles. The van der Waals surface area contributed by atoms with Gasteiger partial charge in [-0.2, -0.15) is 0 Å². The average molecular weight is 297 g/mol. The van der Waals surface area contributed by atoms with Crippen LogP contribution < -0.4 is 5.32 Å². The van der Waals surface area contributed by atoms with Gasteiger partial charge in [0.2, 0.25) is 5.91 Å². The van der Waals surface area contributed by atoms with E-state index in [9.17, 15) is 9.59 Å². The third-order valence-corrected chi connectivity index (χ3v) is 4.24. The summed E-state index contributed by atoms with van der Waals surface area (Å²) in [5, 5.41) is 4.82. The van der Waals surface area contributed by atoms with Crippen LogP contribution in [0.1, 0.15) is 36.6 Å². The van der Waals surface area contributed by atoms with Gasteiger partial charge in [-0.15, -0.1) is 11.3 Å². The van der Waals surface area contributed by atoms with E-state index in [0.717, 1.165) is 24.3 Å². The number of amides is 1. The zero-order valence-corrected chi connectivity index (χ0v) is 12.3. The first-order valence-corrected chi connectivity index (χ1v) is 7.58. The molecule has 1 aromatic heterocycles. The Morgan fingerprint density at radius 1 is 1.60 bits per heavy atom. The highest BCUT2D eigenvalue weighted by molar-refractivity contribution is 7.10. The number of carbonyl (C=O) groups is 2. The topological polar surface area (TPSA) is 64.6 Å². The first-order valence-electron chi connectivity index (χ1n) is 6.70. The molecule has 6 heteroatoms. The van der Waals surface area contributed by atoms with Crippen molar-refractivity contribution in [3.05, 3.63) is 22.4 Å². The summed E-state index contributed by atoms with van der Waals surface area (Å²) < 4.78 is 10.1. The molecular formula is C14H19NO4S. The molecule has 0 radical (unpaired) electrons. The third-order valence-electron chi connectivity index (χ3n) is 3.26. The van der Waals surface area contributed by atoms with Gasteiger partial charge in [0.15, 0.2) is 0 Å². The molecule has 0 saturated carbocycles. The van der Waals surface area contributed by atoms with Gasteiger partial charge in [0, 0.05) is 11.5 Å². The molecule has 1 aromatic rings. The molecule has 1 aliphatic rings. The summed E-state index contributed by atoms with van der Waals surface area (Å²) in [6.07, 6.45) is 2.44. The van der Waals surface area contributed by atoms with Gasteiger partial charge in [-0.05, 0) is 24.3 Å². The molecule has 1 amide bonds. The van der Waals surface area contributed by atoms with Crippen LogP contribution in [0.4, 0.5) is 0 Å². The van der Waals surface area contributed by atoms with Crippen molar-refractivity contribution < 1.29 is 19.1 Å². The minimum absolute atomic E-state index is 0.0112. The van der Waals surface area contributed by atoms with E-state index in [2.05, 4.69) is 10.1 Å². The summed E-state index contributed by atoms with van der Waals surface area (Å²) >= 11 is 1.51. The molecular weight excluding hydrogens is 278 g/mol. The van der Waals surface area contributed by atoms with Crippen LogP contribution >= 0.6 is 11.3 Å². The van der Waals surface area contributed by atoms with E-state index < -0.39 is 0 Å². The lowest BCUT2D eigenvalue weighted by molar-refractivity contribution is -0.141. The monoisotopic (exact) mass is 297 g/mol. The second kappa shape index (κ2) is 7.40. The van der Waals surface area contributed by atoms with E-state index in [1.165, 1.54) is 18.4 Å². The van der Waals surface area contributed by atoms with Gasteiger partial charge in [0.05, 0.1) is 32.1 Å². The lowest BCUT2D eigenvalue weighted by Gasteiger charge is -2.17. The number of carbonyl (C=O) groups excluding carboxylic acids is 2. The normalized spacial score (nSPS) is 19.6. The average Bonchev–Trinajstić information content (AvgIpc) is 3.10. The van der Waals surface area contributed by atoms with E-state index >= 15 is 0 Å². The van der Waals surface area contributed by atoms with E-state index in [4.69, 9.17) is 4.74 Å². The van der Waals surface area contributed by atoms with Crippen molar-refractivity contribution in [2.45, 2.75) is 37.8 Å². The number of nitrogens with one attached hydrogen (secondary N) is 1. The smallest absolute Gasteiger partial charge is 0.307 e. The molecule has 1 fully saturated rings. The van der Waals surface area contributed by atoms with Crippen LogP contribution in [-0.4, -0.2) is 31.7 Å². The van der Waals surface area contributed by atoms with Crippen molar-refractivity contribution in [3.63, 3.8) is 0 Å². The summed E-state index contributed by atoms with van der Waals surface area (Å²) in [5.74, 6) is -0.417. The van der Waals surface area contributed by atoms with Gasteiger partial charge in [-0.25, -0.2) is 0 Å². The van der Waals surface area contributed by atoms with E-state index in [1.54, 1.807) is 0 Å². The Morgan fingerprint density at radius 3 is 3.05 bits per heavy atom. The van der Waals surface area contributed by atoms with Gasteiger partial charge in [0.1, 0.15) is 0 Å². The SMILES string of the molecule is COC(=O)CC(NC(=O)CC1CCCO1)c1cccs1. The Labute approximate surface area is 122 Å². The van der Waals surface area contributed by atoms with Gasteiger partial charge in [-0.3, -0.25) is 9.59 Å². The second-order valence-corrected chi connectivity index (χ2v) is 5.73.